The first-order chi connectivity index (χ1) is 11.2. The van der Waals surface area contributed by atoms with Crippen LogP contribution < -0.4 is 0 Å². The zero-order chi connectivity index (χ0) is 18.1. The summed E-state index contributed by atoms with van der Waals surface area (Å²) in [5.74, 6) is -0.658. The lowest BCUT2D eigenvalue weighted by atomic mass is 10.2. The zero-order valence-electron chi connectivity index (χ0n) is 13.1. The highest BCUT2D eigenvalue weighted by Gasteiger charge is 2.40. The summed E-state index contributed by atoms with van der Waals surface area (Å²) in [7, 11) is 1.23. The number of piperazine rings is 1. The van der Waals surface area contributed by atoms with Crippen molar-refractivity contribution in [2.45, 2.75) is 13.1 Å². The number of halogens is 4. The lowest BCUT2D eigenvalue weighted by molar-refractivity contribution is -0.141. The largest absolute Gasteiger partial charge is 0.450 e. The monoisotopic (exact) mass is 368 g/mol. The molecule has 2 heterocycles. The van der Waals surface area contributed by atoms with Crippen LogP contribution in [0.3, 0.4) is 0 Å². The molecule has 24 heavy (non-hydrogen) atoms. The Morgan fingerprint density at radius 3 is 2.21 bits per heavy atom. The summed E-state index contributed by atoms with van der Waals surface area (Å²) in [6, 6.07) is 0. The van der Waals surface area contributed by atoms with Gasteiger partial charge in [-0.05, 0) is 6.92 Å². The summed E-state index contributed by atoms with van der Waals surface area (Å²) in [6.07, 6.45) is -5.22. The van der Waals surface area contributed by atoms with E-state index in [0.717, 1.165) is 4.68 Å². The molecule has 0 aliphatic carbocycles. The molecule has 2 amide bonds. The van der Waals surface area contributed by atoms with Gasteiger partial charge >= 0.3 is 12.3 Å². The molecule has 0 saturated carbocycles. The maximum atomic E-state index is 12.8. The van der Waals surface area contributed by atoms with Gasteiger partial charge in [-0.1, -0.05) is 11.6 Å². The number of amides is 2. The number of aromatic nitrogens is 2. The first-order valence-electron chi connectivity index (χ1n) is 7.17. The Hall–Kier alpha value is -1.97. The van der Waals surface area contributed by atoms with Crippen molar-refractivity contribution in [1.82, 2.24) is 19.6 Å². The van der Waals surface area contributed by atoms with Crippen LogP contribution in [0, 0.1) is 0 Å². The molecule has 0 radical (unpaired) electrons. The fourth-order valence-electron chi connectivity index (χ4n) is 2.37. The van der Waals surface area contributed by atoms with Crippen molar-refractivity contribution in [2.24, 2.45) is 7.05 Å². The minimum atomic E-state index is -4.74. The molecular formula is C13H16ClF3N4O3. The molecule has 7 nitrogen and oxygen atoms in total. The zero-order valence-corrected chi connectivity index (χ0v) is 13.8. The van der Waals surface area contributed by atoms with Crippen LogP contribution in [0.5, 0.6) is 0 Å². The Kier molecular flexibility index (Phi) is 5.26. The van der Waals surface area contributed by atoms with Gasteiger partial charge in [0.05, 0.1) is 6.61 Å². The molecule has 0 N–H and O–H groups in total. The molecule has 0 spiro atoms. The van der Waals surface area contributed by atoms with Gasteiger partial charge in [0.2, 0.25) is 0 Å². The lowest BCUT2D eigenvalue weighted by Crippen LogP contribution is -2.51. The molecule has 2 rings (SSSR count). The molecule has 1 fully saturated rings. The van der Waals surface area contributed by atoms with Crippen molar-refractivity contribution in [1.29, 1.82) is 0 Å². The molecule has 0 aromatic carbocycles. The van der Waals surface area contributed by atoms with Crippen LogP contribution in [-0.2, 0) is 18.0 Å². The van der Waals surface area contributed by atoms with Crippen molar-refractivity contribution < 1.29 is 27.5 Å². The van der Waals surface area contributed by atoms with E-state index in [0.29, 0.717) is 0 Å². The van der Waals surface area contributed by atoms with E-state index in [1.165, 1.54) is 16.8 Å². The summed E-state index contributed by atoms with van der Waals surface area (Å²) < 4.78 is 44.1. The Morgan fingerprint density at radius 2 is 1.75 bits per heavy atom. The van der Waals surface area contributed by atoms with E-state index in [1.54, 1.807) is 6.92 Å². The number of ether oxygens (including phenoxy) is 1. The van der Waals surface area contributed by atoms with Crippen LogP contribution in [0.15, 0.2) is 0 Å². The molecule has 0 unspecified atom stereocenters. The number of carbonyl (C=O) groups is 2. The van der Waals surface area contributed by atoms with Gasteiger partial charge in [0, 0.05) is 33.2 Å². The predicted octanol–water partition coefficient (Wildman–Crippen LogP) is 2.01. The Bertz CT molecular complexity index is 639. The Morgan fingerprint density at radius 1 is 1.21 bits per heavy atom. The fourth-order valence-corrected chi connectivity index (χ4v) is 2.72. The van der Waals surface area contributed by atoms with Crippen molar-refractivity contribution in [2.75, 3.05) is 32.8 Å². The number of hydrogen-bond acceptors (Lipinski definition) is 4. The quantitative estimate of drug-likeness (QED) is 0.801. The maximum Gasteiger partial charge on any atom is 0.436 e. The first-order valence-corrected chi connectivity index (χ1v) is 7.55. The summed E-state index contributed by atoms with van der Waals surface area (Å²) in [5, 5.41) is 2.57. The van der Waals surface area contributed by atoms with Crippen molar-refractivity contribution >= 4 is 23.6 Å². The second-order valence-electron chi connectivity index (χ2n) is 5.11. The summed E-state index contributed by atoms with van der Waals surface area (Å²) in [5.41, 5.74) is -1.62. The number of hydrogen-bond donors (Lipinski definition) is 0. The van der Waals surface area contributed by atoms with Crippen LogP contribution in [-0.4, -0.2) is 64.4 Å². The lowest BCUT2D eigenvalue weighted by Gasteiger charge is -2.34. The fraction of sp³-hybridized carbons (Fsp3) is 0.615. The Labute approximate surface area is 140 Å². The van der Waals surface area contributed by atoms with Gasteiger partial charge in [0.15, 0.2) is 5.69 Å². The molecular weight excluding hydrogens is 353 g/mol. The van der Waals surface area contributed by atoms with E-state index in [2.05, 4.69) is 5.10 Å². The van der Waals surface area contributed by atoms with Crippen LogP contribution in [0.2, 0.25) is 5.02 Å². The first kappa shape index (κ1) is 18.4. The SMILES string of the molecule is CCOC(=O)N1CCN(C(=O)c2c(Cl)c(C(F)(F)F)nn2C)CC1. The summed E-state index contributed by atoms with van der Waals surface area (Å²) >= 11 is 5.71. The summed E-state index contributed by atoms with van der Waals surface area (Å²) in [4.78, 5) is 26.8. The topological polar surface area (TPSA) is 67.7 Å². The van der Waals surface area contributed by atoms with E-state index in [1.807, 2.05) is 0 Å². The van der Waals surface area contributed by atoms with Crippen LogP contribution >= 0.6 is 11.6 Å². The van der Waals surface area contributed by atoms with Gasteiger partial charge in [-0.15, -0.1) is 0 Å². The normalized spacial score (nSPS) is 15.6. The van der Waals surface area contributed by atoms with E-state index in [4.69, 9.17) is 16.3 Å². The predicted molar refractivity (Wildman–Crippen MR) is 77.7 cm³/mol. The minimum absolute atomic E-state index is 0.167. The molecule has 0 atom stereocenters. The minimum Gasteiger partial charge on any atom is -0.450 e. The van der Waals surface area contributed by atoms with Crippen molar-refractivity contribution in [3.63, 3.8) is 0 Å². The van der Waals surface area contributed by atoms with Crippen LogP contribution in [0.4, 0.5) is 18.0 Å². The highest BCUT2D eigenvalue weighted by molar-refractivity contribution is 6.34. The second kappa shape index (κ2) is 6.88. The molecule has 1 aromatic heterocycles. The van der Waals surface area contributed by atoms with Gasteiger partial charge in [-0.3, -0.25) is 9.48 Å². The van der Waals surface area contributed by atoms with E-state index in [-0.39, 0.29) is 38.5 Å². The number of aryl methyl sites for hydroxylation is 1. The van der Waals surface area contributed by atoms with Gasteiger partial charge in [-0.25, -0.2) is 4.79 Å². The van der Waals surface area contributed by atoms with Gasteiger partial charge < -0.3 is 14.5 Å². The molecule has 11 heteroatoms. The number of alkyl halides is 3. The smallest absolute Gasteiger partial charge is 0.436 e. The molecule has 1 saturated heterocycles. The highest BCUT2D eigenvalue weighted by Crippen LogP contribution is 2.35. The van der Waals surface area contributed by atoms with E-state index < -0.39 is 28.9 Å². The average molecular weight is 369 g/mol. The average Bonchev–Trinajstić information content (AvgIpc) is 2.82. The van der Waals surface area contributed by atoms with Gasteiger partial charge in [0.1, 0.15) is 10.7 Å². The van der Waals surface area contributed by atoms with Crippen molar-refractivity contribution in [3.8, 4) is 0 Å². The van der Waals surface area contributed by atoms with Crippen LogP contribution in [0.25, 0.3) is 0 Å². The third-order valence-electron chi connectivity index (χ3n) is 3.55. The molecule has 1 aliphatic heterocycles. The second-order valence-corrected chi connectivity index (χ2v) is 5.49. The molecule has 0 bridgehead atoms. The van der Waals surface area contributed by atoms with Gasteiger partial charge in [0.25, 0.3) is 5.91 Å². The Balaban J connectivity index is 2.12. The molecule has 134 valence electrons. The number of carbonyl (C=O) groups excluding carboxylic acids is 2. The van der Waals surface area contributed by atoms with E-state index in [9.17, 15) is 22.8 Å². The highest BCUT2D eigenvalue weighted by atomic mass is 35.5. The van der Waals surface area contributed by atoms with Crippen LogP contribution in [0.1, 0.15) is 23.1 Å². The third-order valence-corrected chi connectivity index (χ3v) is 3.91. The third kappa shape index (κ3) is 3.58. The molecule has 1 aliphatic rings. The van der Waals surface area contributed by atoms with E-state index >= 15 is 0 Å². The number of rotatable bonds is 2. The molecule has 1 aromatic rings. The van der Waals surface area contributed by atoms with Gasteiger partial charge in [-0.2, -0.15) is 18.3 Å². The standard InChI is InChI=1S/C13H16ClF3N4O3/c1-3-24-12(23)21-6-4-20(5-7-21)11(22)9-8(14)10(13(15,16)17)18-19(9)2/h3-7H2,1-2H3. The van der Waals surface area contributed by atoms with Crippen molar-refractivity contribution in [3.05, 3.63) is 16.4 Å². The summed E-state index contributed by atoms with van der Waals surface area (Å²) in [6.45, 7) is 2.71. The number of nitrogens with zero attached hydrogens (tertiary/aromatic N) is 4. The maximum absolute atomic E-state index is 12.8.